The maximum Gasteiger partial charge on any atom is 0.192 e. The molecule has 0 saturated heterocycles. The van der Waals surface area contributed by atoms with Crippen molar-refractivity contribution in [1.29, 1.82) is 0 Å². The molecule has 2 N–H and O–H groups in total. The number of aliphatic hydroxyl groups is 2. The number of benzene rings is 3. The average molecular weight is 607 g/mol. The van der Waals surface area contributed by atoms with Crippen LogP contribution in [0, 0.1) is 0 Å². The van der Waals surface area contributed by atoms with Gasteiger partial charge in [0.2, 0.25) is 0 Å². The van der Waals surface area contributed by atoms with Gasteiger partial charge < -0.3 is 28.9 Å². The highest BCUT2D eigenvalue weighted by Gasteiger charge is 2.64. The number of rotatable bonds is 15. The second-order valence-electron chi connectivity index (χ2n) is 13.0. The van der Waals surface area contributed by atoms with Crippen LogP contribution in [-0.2, 0) is 14.6 Å². The minimum atomic E-state index is -2.46. The summed E-state index contributed by atoms with van der Waals surface area (Å²) >= 11 is 0. The van der Waals surface area contributed by atoms with E-state index in [-0.39, 0.29) is 24.5 Å². The minimum Gasteiger partial charge on any atom is -0.497 e. The van der Waals surface area contributed by atoms with Crippen LogP contribution < -0.4 is 9.47 Å². The summed E-state index contributed by atoms with van der Waals surface area (Å²) < 4.78 is 17.9. The maximum absolute atomic E-state index is 13.7. The number of ether oxygens (including phenoxy) is 2. The molecule has 0 aromatic heterocycles. The van der Waals surface area contributed by atoms with Gasteiger partial charge >= 0.3 is 0 Å². The molecule has 0 spiro atoms. The number of hydrogen-bond donors (Lipinski definition) is 2. The van der Waals surface area contributed by atoms with Crippen molar-refractivity contribution in [2.75, 3.05) is 20.8 Å². The summed E-state index contributed by atoms with van der Waals surface area (Å²) in [4.78, 5) is 12.4. The number of aldehydes is 1. The van der Waals surface area contributed by atoms with E-state index in [0.717, 1.165) is 23.1 Å². The summed E-state index contributed by atoms with van der Waals surface area (Å²) in [5.41, 5.74) is -3.01. The molecule has 0 aliphatic heterocycles. The number of unbranched alkanes of at least 4 members (excludes halogenated alkanes) is 1. The van der Waals surface area contributed by atoms with Gasteiger partial charge in [-0.2, -0.15) is 0 Å². The Balaban J connectivity index is 2.56. The molecule has 234 valence electrons. The SMILES string of the molecule is CCCCC(O)(CC=O)C(O)(CO[Si](C)(C)C(C)(C)C)C(c1ccccc1)(c1ccc(OC)cc1)c1ccc(OC)cc1. The molecule has 0 bridgehead atoms. The van der Waals surface area contributed by atoms with Gasteiger partial charge in [-0.3, -0.25) is 0 Å². The zero-order valence-electron chi connectivity index (χ0n) is 27.1. The molecule has 6 nitrogen and oxygen atoms in total. The number of carbonyl (C=O) groups is 1. The molecule has 2 atom stereocenters. The van der Waals surface area contributed by atoms with Crippen molar-refractivity contribution in [1.82, 2.24) is 0 Å². The highest BCUT2D eigenvalue weighted by Crippen LogP contribution is 2.55. The molecule has 0 radical (unpaired) electrons. The largest absolute Gasteiger partial charge is 0.497 e. The zero-order valence-corrected chi connectivity index (χ0v) is 28.1. The predicted octanol–water partition coefficient (Wildman–Crippen LogP) is 7.30. The smallest absolute Gasteiger partial charge is 0.192 e. The van der Waals surface area contributed by atoms with Gasteiger partial charge in [0.05, 0.1) is 26.2 Å². The molecule has 0 amide bonds. The van der Waals surface area contributed by atoms with Crippen molar-refractivity contribution in [2.45, 2.75) is 88.1 Å². The molecular weight excluding hydrogens is 556 g/mol. The minimum absolute atomic E-state index is 0.157. The van der Waals surface area contributed by atoms with Gasteiger partial charge in [-0.15, -0.1) is 0 Å². The Hall–Kier alpha value is -2.97. The Labute approximate surface area is 259 Å². The maximum atomic E-state index is 13.7. The van der Waals surface area contributed by atoms with Gasteiger partial charge in [0.25, 0.3) is 0 Å². The molecule has 0 fully saturated rings. The molecule has 3 aromatic rings. The second-order valence-corrected chi connectivity index (χ2v) is 17.8. The Morgan fingerprint density at radius 2 is 1.23 bits per heavy atom. The molecule has 0 saturated carbocycles. The van der Waals surface area contributed by atoms with E-state index in [1.165, 1.54) is 0 Å². The Morgan fingerprint density at radius 3 is 1.63 bits per heavy atom. The van der Waals surface area contributed by atoms with Gasteiger partial charge in [-0.05, 0) is 65.5 Å². The fourth-order valence-electron chi connectivity index (χ4n) is 5.76. The van der Waals surface area contributed by atoms with E-state index in [1.54, 1.807) is 14.2 Å². The molecule has 0 aliphatic rings. The lowest BCUT2D eigenvalue weighted by Gasteiger charge is -2.56. The van der Waals surface area contributed by atoms with Gasteiger partial charge in [-0.1, -0.05) is 95.1 Å². The molecule has 7 heteroatoms. The Kier molecular flexibility index (Phi) is 11.1. The normalized spacial score (nSPS) is 15.3. The highest BCUT2D eigenvalue weighted by molar-refractivity contribution is 6.74. The Morgan fingerprint density at radius 1 is 0.767 bits per heavy atom. The lowest BCUT2D eigenvalue weighted by molar-refractivity contribution is -0.198. The number of methoxy groups -OCH3 is 2. The first-order valence-electron chi connectivity index (χ1n) is 15.1. The predicted molar refractivity (Wildman–Crippen MR) is 176 cm³/mol. The summed E-state index contributed by atoms with van der Waals surface area (Å²) in [5.74, 6) is 1.33. The fraction of sp³-hybridized carbons (Fsp3) is 0.472. The van der Waals surface area contributed by atoms with E-state index in [4.69, 9.17) is 13.9 Å². The first kappa shape index (κ1) is 34.5. The fourth-order valence-corrected chi connectivity index (χ4v) is 6.77. The summed E-state index contributed by atoms with van der Waals surface area (Å²) in [6, 6.07) is 24.8. The van der Waals surface area contributed by atoms with Crippen LogP contribution in [0.15, 0.2) is 78.9 Å². The topological polar surface area (TPSA) is 85.2 Å². The first-order valence-corrected chi connectivity index (χ1v) is 18.0. The number of carbonyl (C=O) groups excluding carboxylic acids is 1. The summed E-state index contributed by atoms with van der Waals surface area (Å²) in [7, 11) is 0.764. The Bertz CT molecular complexity index is 1250. The number of hydrogen-bond acceptors (Lipinski definition) is 6. The van der Waals surface area contributed by atoms with E-state index in [2.05, 4.69) is 33.9 Å². The van der Waals surface area contributed by atoms with Crippen molar-refractivity contribution in [3.8, 4) is 11.5 Å². The third kappa shape index (κ3) is 6.60. The first-order chi connectivity index (χ1) is 20.3. The van der Waals surface area contributed by atoms with Crippen molar-refractivity contribution in [3.63, 3.8) is 0 Å². The quantitative estimate of drug-likeness (QED) is 0.107. The van der Waals surface area contributed by atoms with E-state index in [1.807, 2.05) is 85.8 Å². The highest BCUT2D eigenvalue weighted by atomic mass is 28.4. The van der Waals surface area contributed by atoms with Crippen molar-refractivity contribution < 1.29 is 28.9 Å². The standard InChI is InChI=1S/C36H50O6Si/c1-9-10-24-34(38,25-26-37)35(39,27-42-43(7,8)33(2,3)4)36(28-14-12-11-13-15-28,29-16-20-31(40-5)21-17-29)30-18-22-32(41-6)23-19-30/h11-23,26,38-39H,9-10,24-25,27H2,1-8H3. The van der Waals surface area contributed by atoms with Crippen LogP contribution in [-0.4, -0.2) is 56.8 Å². The lowest BCUT2D eigenvalue weighted by Crippen LogP contribution is -2.70. The summed E-state index contributed by atoms with van der Waals surface area (Å²) in [6.07, 6.45) is 2.06. The molecule has 3 rings (SSSR count). The van der Waals surface area contributed by atoms with Crippen LogP contribution in [0.25, 0.3) is 0 Å². The van der Waals surface area contributed by atoms with Gasteiger partial charge in [0, 0.05) is 6.42 Å². The third-order valence-electron chi connectivity index (χ3n) is 9.46. The van der Waals surface area contributed by atoms with Crippen molar-refractivity contribution >= 4 is 14.6 Å². The van der Waals surface area contributed by atoms with Crippen LogP contribution in [0.1, 0.15) is 70.1 Å². The van der Waals surface area contributed by atoms with Gasteiger partial charge in [-0.25, -0.2) is 0 Å². The van der Waals surface area contributed by atoms with E-state index in [0.29, 0.717) is 24.2 Å². The van der Waals surface area contributed by atoms with Gasteiger partial charge in [0.1, 0.15) is 29.0 Å². The van der Waals surface area contributed by atoms with Crippen LogP contribution in [0.2, 0.25) is 18.1 Å². The molecule has 2 unspecified atom stereocenters. The monoisotopic (exact) mass is 606 g/mol. The molecule has 43 heavy (non-hydrogen) atoms. The molecule has 0 aliphatic carbocycles. The molecule has 0 heterocycles. The molecule has 3 aromatic carbocycles. The third-order valence-corrected chi connectivity index (χ3v) is 13.9. The van der Waals surface area contributed by atoms with Crippen LogP contribution in [0.4, 0.5) is 0 Å². The van der Waals surface area contributed by atoms with Crippen molar-refractivity contribution in [3.05, 3.63) is 95.6 Å². The van der Waals surface area contributed by atoms with Crippen LogP contribution in [0.3, 0.4) is 0 Å². The summed E-state index contributed by atoms with van der Waals surface area (Å²) in [5, 5.41) is 26.3. The van der Waals surface area contributed by atoms with E-state index >= 15 is 0 Å². The van der Waals surface area contributed by atoms with Crippen LogP contribution >= 0.6 is 0 Å². The zero-order chi connectivity index (χ0) is 31.9. The van der Waals surface area contributed by atoms with E-state index < -0.39 is 24.9 Å². The second kappa shape index (κ2) is 13.8. The van der Waals surface area contributed by atoms with Crippen molar-refractivity contribution in [2.24, 2.45) is 0 Å². The van der Waals surface area contributed by atoms with E-state index in [9.17, 15) is 15.0 Å². The van der Waals surface area contributed by atoms with Gasteiger partial charge in [0.15, 0.2) is 8.32 Å². The molecular formula is C36H50O6Si. The van der Waals surface area contributed by atoms with Crippen LogP contribution in [0.5, 0.6) is 11.5 Å². The lowest BCUT2D eigenvalue weighted by atomic mass is 9.53. The summed E-state index contributed by atoms with van der Waals surface area (Å²) in [6.45, 7) is 12.5. The average Bonchev–Trinajstić information content (AvgIpc) is 3.00.